The van der Waals surface area contributed by atoms with E-state index >= 15 is 0 Å². The van der Waals surface area contributed by atoms with Gasteiger partial charge in [0.25, 0.3) is 0 Å². The number of benzene rings is 1. The van der Waals surface area contributed by atoms with Crippen LogP contribution in [0.25, 0.3) is 11.1 Å². The van der Waals surface area contributed by atoms with Crippen molar-refractivity contribution in [3.05, 3.63) is 53.6 Å². The van der Waals surface area contributed by atoms with E-state index in [0.717, 1.165) is 12.3 Å². The Bertz CT molecular complexity index is 557. The van der Waals surface area contributed by atoms with E-state index in [9.17, 15) is 13.2 Å². The summed E-state index contributed by atoms with van der Waals surface area (Å²) in [4.78, 5) is 3.37. The summed E-state index contributed by atoms with van der Waals surface area (Å²) in [5, 5.41) is 9.05. The van der Waals surface area contributed by atoms with E-state index in [-0.39, 0.29) is 16.7 Å². The fraction of sp³-hybridized carbons (Fsp3) is 0.0833. The fourth-order valence-electron chi connectivity index (χ4n) is 1.59. The summed E-state index contributed by atoms with van der Waals surface area (Å²) in [7, 11) is 0. The van der Waals surface area contributed by atoms with E-state index in [2.05, 4.69) is 4.98 Å². The predicted molar refractivity (Wildman–Crippen MR) is 55.5 cm³/mol. The Morgan fingerprint density at radius 1 is 1.12 bits per heavy atom. The highest BCUT2D eigenvalue weighted by Crippen LogP contribution is 2.29. The molecule has 1 N–H and O–H groups in total. The second kappa shape index (κ2) is 4.55. The molecule has 2 rings (SSSR count). The topological polar surface area (TPSA) is 33.1 Å². The minimum Gasteiger partial charge on any atom is -0.392 e. The maximum Gasteiger partial charge on any atom is 0.221 e. The molecule has 0 unspecified atom stereocenters. The summed E-state index contributed by atoms with van der Waals surface area (Å²) in [6, 6.07) is 4.79. The van der Waals surface area contributed by atoms with Crippen LogP contribution in [-0.2, 0) is 6.61 Å². The maximum atomic E-state index is 13.5. The molecule has 0 aliphatic heterocycles. The van der Waals surface area contributed by atoms with E-state index in [4.69, 9.17) is 5.11 Å². The van der Waals surface area contributed by atoms with Gasteiger partial charge in [0.1, 0.15) is 0 Å². The van der Waals surface area contributed by atoms with Crippen LogP contribution in [0, 0.1) is 17.6 Å². The summed E-state index contributed by atoms with van der Waals surface area (Å²) in [5.41, 5.74) is -0.311. The number of aliphatic hydroxyl groups is 1. The van der Waals surface area contributed by atoms with Gasteiger partial charge in [-0.25, -0.2) is 13.8 Å². The SMILES string of the molecule is OCc1ccnc(F)c1-c1cccc(F)c1F. The van der Waals surface area contributed by atoms with Crippen LogP contribution in [0.15, 0.2) is 30.5 Å². The molecule has 88 valence electrons. The Balaban J connectivity index is 2.72. The summed E-state index contributed by atoms with van der Waals surface area (Å²) in [5.74, 6) is -3.18. The number of rotatable bonds is 2. The largest absolute Gasteiger partial charge is 0.392 e. The first kappa shape index (κ1) is 11.6. The average molecular weight is 239 g/mol. The Morgan fingerprint density at radius 2 is 1.88 bits per heavy atom. The first-order valence-corrected chi connectivity index (χ1v) is 4.83. The van der Waals surface area contributed by atoms with Gasteiger partial charge in [0.15, 0.2) is 11.6 Å². The molecule has 0 aliphatic carbocycles. The van der Waals surface area contributed by atoms with E-state index in [0.29, 0.717) is 0 Å². The minimum atomic E-state index is -1.16. The number of hydrogen-bond donors (Lipinski definition) is 1. The highest BCUT2D eigenvalue weighted by Gasteiger charge is 2.17. The van der Waals surface area contributed by atoms with Gasteiger partial charge in [-0.15, -0.1) is 0 Å². The predicted octanol–water partition coefficient (Wildman–Crippen LogP) is 2.66. The van der Waals surface area contributed by atoms with Gasteiger partial charge in [0.05, 0.1) is 6.61 Å². The highest BCUT2D eigenvalue weighted by atomic mass is 19.2. The number of hydrogen-bond acceptors (Lipinski definition) is 2. The number of nitrogens with zero attached hydrogens (tertiary/aromatic N) is 1. The zero-order valence-electron chi connectivity index (χ0n) is 8.62. The molecule has 0 saturated carbocycles. The van der Waals surface area contributed by atoms with Crippen molar-refractivity contribution in [3.63, 3.8) is 0 Å². The zero-order valence-corrected chi connectivity index (χ0v) is 8.62. The number of aromatic nitrogens is 1. The smallest absolute Gasteiger partial charge is 0.221 e. The minimum absolute atomic E-state index is 0.155. The van der Waals surface area contributed by atoms with E-state index in [1.165, 1.54) is 18.2 Å². The lowest BCUT2D eigenvalue weighted by Gasteiger charge is -2.09. The third-order valence-electron chi connectivity index (χ3n) is 2.38. The quantitative estimate of drug-likeness (QED) is 0.817. The molecule has 0 radical (unpaired) electrons. The number of pyridine rings is 1. The molecular formula is C12H8F3NO. The standard InChI is InChI=1S/C12H8F3NO/c13-9-3-1-2-8(11(9)14)10-7(6-17)4-5-16-12(10)15/h1-5,17H,6H2. The van der Waals surface area contributed by atoms with Crippen molar-refractivity contribution in [2.75, 3.05) is 0 Å². The Kier molecular flexibility index (Phi) is 3.10. The zero-order chi connectivity index (χ0) is 12.4. The molecule has 5 heteroatoms. The van der Waals surface area contributed by atoms with Crippen molar-refractivity contribution < 1.29 is 18.3 Å². The lowest BCUT2D eigenvalue weighted by atomic mass is 10.0. The Labute approximate surface area is 95.4 Å². The molecule has 1 aromatic heterocycles. The van der Waals surface area contributed by atoms with Crippen LogP contribution in [0.2, 0.25) is 0 Å². The van der Waals surface area contributed by atoms with Crippen molar-refractivity contribution in [1.29, 1.82) is 0 Å². The van der Waals surface area contributed by atoms with Crippen LogP contribution < -0.4 is 0 Å². The van der Waals surface area contributed by atoms with Gasteiger partial charge >= 0.3 is 0 Å². The summed E-state index contributed by atoms with van der Waals surface area (Å²) in [6.07, 6.45) is 1.15. The van der Waals surface area contributed by atoms with Gasteiger partial charge in [-0.05, 0) is 17.7 Å². The number of aliphatic hydroxyl groups excluding tert-OH is 1. The second-order valence-electron chi connectivity index (χ2n) is 3.40. The Morgan fingerprint density at radius 3 is 2.59 bits per heavy atom. The first-order chi connectivity index (χ1) is 8.15. The second-order valence-corrected chi connectivity index (χ2v) is 3.40. The van der Waals surface area contributed by atoms with E-state index in [1.54, 1.807) is 0 Å². The van der Waals surface area contributed by atoms with Crippen molar-refractivity contribution >= 4 is 0 Å². The number of halogens is 3. The molecule has 2 aromatic rings. The lowest BCUT2D eigenvalue weighted by Crippen LogP contribution is -1.99. The molecule has 0 amide bonds. The molecular weight excluding hydrogens is 231 g/mol. The Hall–Kier alpha value is -1.88. The van der Waals surface area contributed by atoms with E-state index in [1.807, 2.05) is 0 Å². The maximum absolute atomic E-state index is 13.5. The van der Waals surface area contributed by atoms with Crippen molar-refractivity contribution in [2.45, 2.75) is 6.61 Å². The molecule has 0 fully saturated rings. The van der Waals surface area contributed by atoms with Gasteiger partial charge in [-0.2, -0.15) is 4.39 Å². The molecule has 17 heavy (non-hydrogen) atoms. The molecule has 0 spiro atoms. The molecule has 1 heterocycles. The van der Waals surface area contributed by atoms with Gasteiger partial charge in [0, 0.05) is 17.3 Å². The molecule has 0 atom stereocenters. The summed E-state index contributed by atoms with van der Waals surface area (Å²) >= 11 is 0. The van der Waals surface area contributed by atoms with Crippen LogP contribution in [-0.4, -0.2) is 10.1 Å². The van der Waals surface area contributed by atoms with Crippen LogP contribution >= 0.6 is 0 Å². The molecule has 2 nitrogen and oxygen atoms in total. The molecule has 0 saturated heterocycles. The normalized spacial score (nSPS) is 10.6. The van der Waals surface area contributed by atoms with Gasteiger partial charge < -0.3 is 5.11 Å². The van der Waals surface area contributed by atoms with Gasteiger partial charge in [0.2, 0.25) is 5.95 Å². The van der Waals surface area contributed by atoms with Crippen LogP contribution in [0.4, 0.5) is 13.2 Å². The van der Waals surface area contributed by atoms with Crippen molar-refractivity contribution in [2.24, 2.45) is 0 Å². The third-order valence-corrected chi connectivity index (χ3v) is 2.38. The van der Waals surface area contributed by atoms with Gasteiger partial charge in [-0.3, -0.25) is 0 Å². The van der Waals surface area contributed by atoms with Crippen molar-refractivity contribution in [3.8, 4) is 11.1 Å². The summed E-state index contributed by atoms with van der Waals surface area (Å²) in [6.45, 7) is -0.481. The summed E-state index contributed by atoms with van der Waals surface area (Å²) < 4.78 is 40.1. The van der Waals surface area contributed by atoms with Crippen LogP contribution in [0.3, 0.4) is 0 Å². The van der Waals surface area contributed by atoms with Crippen LogP contribution in [0.1, 0.15) is 5.56 Å². The molecule has 1 aromatic carbocycles. The van der Waals surface area contributed by atoms with E-state index < -0.39 is 24.2 Å². The highest BCUT2D eigenvalue weighted by molar-refractivity contribution is 5.67. The first-order valence-electron chi connectivity index (χ1n) is 4.83. The monoisotopic (exact) mass is 239 g/mol. The average Bonchev–Trinajstić information content (AvgIpc) is 2.33. The third kappa shape index (κ3) is 2.01. The fourth-order valence-corrected chi connectivity index (χ4v) is 1.59. The molecule has 0 aliphatic rings. The van der Waals surface area contributed by atoms with Crippen LogP contribution in [0.5, 0.6) is 0 Å². The molecule has 0 bridgehead atoms. The van der Waals surface area contributed by atoms with Gasteiger partial charge in [-0.1, -0.05) is 12.1 Å². The lowest BCUT2D eigenvalue weighted by molar-refractivity contribution is 0.281. The van der Waals surface area contributed by atoms with Crippen molar-refractivity contribution in [1.82, 2.24) is 4.98 Å².